The van der Waals surface area contributed by atoms with Gasteiger partial charge in [0.05, 0.1) is 34.9 Å². The van der Waals surface area contributed by atoms with Gasteiger partial charge in [-0.15, -0.1) is 0 Å². The first-order chi connectivity index (χ1) is 14.2. The Morgan fingerprint density at radius 2 is 2.10 bits per heavy atom. The van der Waals surface area contributed by atoms with E-state index < -0.39 is 15.9 Å². The molecule has 4 heterocycles. The number of rotatable bonds is 6. The maximum Gasteiger partial charge on any atom is 0.252 e. The minimum absolute atomic E-state index is 0.111. The summed E-state index contributed by atoms with van der Waals surface area (Å²) in [5.41, 5.74) is 8.94. The summed E-state index contributed by atoms with van der Waals surface area (Å²) >= 11 is 0. The highest BCUT2D eigenvalue weighted by molar-refractivity contribution is 7.88. The van der Waals surface area contributed by atoms with Gasteiger partial charge in [0, 0.05) is 44.1 Å². The van der Waals surface area contributed by atoms with Gasteiger partial charge in [-0.25, -0.2) is 12.9 Å². The lowest BCUT2D eigenvalue weighted by molar-refractivity contribution is 0.100. The molecule has 10 nitrogen and oxygen atoms in total. The molecule has 0 saturated carbocycles. The van der Waals surface area contributed by atoms with Gasteiger partial charge in [0.1, 0.15) is 0 Å². The summed E-state index contributed by atoms with van der Waals surface area (Å²) in [4.78, 5) is 12.1. The SMILES string of the molecule is CC[C@H]1CN(S(C)(=O)=O)C[C@H]1Nc1c(C(N)=O)cnn2cc(-c3ccnn3C)cc12. The van der Waals surface area contributed by atoms with Crippen molar-refractivity contribution in [3.63, 3.8) is 0 Å². The van der Waals surface area contributed by atoms with Crippen LogP contribution in [0.4, 0.5) is 5.69 Å². The molecule has 2 atom stereocenters. The summed E-state index contributed by atoms with van der Waals surface area (Å²) < 4.78 is 29.0. The van der Waals surface area contributed by atoms with Crippen molar-refractivity contribution in [3.05, 3.63) is 36.3 Å². The predicted octanol–water partition coefficient (Wildman–Crippen LogP) is 0.916. The van der Waals surface area contributed by atoms with E-state index in [1.807, 2.05) is 32.3 Å². The van der Waals surface area contributed by atoms with Crippen LogP contribution >= 0.6 is 0 Å². The van der Waals surface area contributed by atoms with Gasteiger partial charge in [0.2, 0.25) is 10.0 Å². The summed E-state index contributed by atoms with van der Waals surface area (Å²) in [6, 6.07) is 3.66. The highest BCUT2D eigenvalue weighted by Crippen LogP contribution is 2.31. The van der Waals surface area contributed by atoms with Crippen LogP contribution in [-0.2, 0) is 17.1 Å². The summed E-state index contributed by atoms with van der Waals surface area (Å²) in [5, 5.41) is 12.0. The molecule has 0 spiro atoms. The molecular formula is C19H25N7O3S. The van der Waals surface area contributed by atoms with E-state index in [9.17, 15) is 13.2 Å². The third-order valence-corrected chi connectivity index (χ3v) is 6.99. The summed E-state index contributed by atoms with van der Waals surface area (Å²) in [5.74, 6) is -0.484. The zero-order valence-electron chi connectivity index (χ0n) is 17.1. The van der Waals surface area contributed by atoms with Crippen molar-refractivity contribution in [1.82, 2.24) is 23.7 Å². The minimum atomic E-state index is -3.30. The van der Waals surface area contributed by atoms with Crippen molar-refractivity contribution in [2.45, 2.75) is 19.4 Å². The van der Waals surface area contributed by atoms with Crippen LogP contribution in [0.1, 0.15) is 23.7 Å². The van der Waals surface area contributed by atoms with Crippen molar-refractivity contribution in [1.29, 1.82) is 0 Å². The molecule has 0 radical (unpaired) electrons. The minimum Gasteiger partial charge on any atom is -0.378 e. The zero-order chi connectivity index (χ0) is 21.6. The van der Waals surface area contributed by atoms with Gasteiger partial charge >= 0.3 is 0 Å². The number of hydrogen-bond acceptors (Lipinski definition) is 6. The fourth-order valence-electron chi connectivity index (χ4n) is 4.06. The van der Waals surface area contributed by atoms with Crippen LogP contribution in [0, 0.1) is 5.92 Å². The third-order valence-electron chi connectivity index (χ3n) is 5.75. The van der Waals surface area contributed by atoms with Crippen LogP contribution in [0.5, 0.6) is 0 Å². The molecule has 1 aliphatic heterocycles. The number of aryl methyl sites for hydroxylation is 1. The Kier molecular flexibility index (Phi) is 5.02. The van der Waals surface area contributed by atoms with Crippen LogP contribution in [0.25, 0.3) is 16.8 Å². The molecule has 30 heavy (non-hydrogen) atoms. The second kappa shape index (κ2) is 7.40. The number of nitrogens with two attached hydrogens (primary N) is 1. The molecule has 1 fully saturated rings. The quantitative estimate of drug-likeness (QED) is 0.597. The lowest BCUT2D eigenvalue weighted by atomic mass is 10.00. The number of sulfonamides is 1. The van der Waals surface area contributed by atoms with Gasteiger partial charge in [-0.2, -0.15) is 14.5 Å². The first kappa shape index (κ1) is 20.4. The van der Waals surface area contributed by atoms with Crippen LogP contribution in [0.2, 0.25) is 0 Å². The predicted molar refractivity (Wildman–Crippen MR) is 114 cm³/mol. The van der Waals surface area contributed by atoms with Crippen LogP contribution in [0.3, 0.4) is 0 Å². The monoisotopic (exact) mass is 431 g/mol. The van der Waals surface area contributed by atoms with E-state index in [4.69, 9.17) is 5.73 Å². The van der Waals surface area contributed by atoms with Gasteiger partial charge in [-0.3, -0.25) is 9.48 Å². The van der Waals surface area contributed by atoms with Crippen molar-refractivity contribution >= 4 is 27.1 Å². The van der Waals surface area contributed by atoms with Crippen LogP contribution in [0.15, 0.2) is 30.7 Å². The zero-order valence-corrected chi connectivity index (χ0v) is 17.9. The van der Waals surface area contributed by atoms with Crippen molar-refractivity contribution < 1.29 is 13.2 Å². The molecule has 160 valence electrons. The average molecular weight is 432 g/mol. The average Bonchev–Trinajstić information content (AvgIpc) is 3.38. The van der Waals surface area contributed by atoms with E-state index in [2.05, 4.69) is 15.5 Å². The number of primary amides is 1. The Morgan fingerprint density at radius 3 is 2.70 bits per heavy atom. The number of aromatic nitrogens is 4. The van der Waals surface area contributed by atoms with Gasteiger partial charge in [-0.1, -0.05) is 13.3 Å². The standard InChI is InChI=1S/C19H25N7O3S/c1-4-12-9-25(30(3,28)29)11-15(12)23-18-14(19(20)27)8-22-26-10-13(7-17(18)26)16-5-6-21-24(16)2/h5-8,10,12,15,23H,4,9,11H2,1-3H3,(H2,20,27)/t12-,15+/m0/s1. The fourth-order valence-corrected chi connectivity index (χ4v) is 4.95. The van der Waals surface area contributed by atoms with E-state index in [1.54, 1.807) is 15.4 Å². The molecule has 1 aliphatic rings. The number of nitrogens with one attached hydrogen (secondary N) is 1. The van der Waals surface area contributed by atoms with Crippen molar-refractivity contribution in [2.75, 3.05) is 24.7 Å². The van der Waals surface area contributed by atoms with Gasteiger partial charge in [0.25, 0.3) is 5.91 Å². The number of carbonyl (C=O) groups is 1. The number of nitrogens with zero attached hydrogens (tertiary/aromatic N) is 5. The molecule has 3 aromatic heterocycles. The van der Waals surface area contributed by atoms with Gasteiger partial charge < -0.3 is 11.1 Å². The molecule has 0 aliphatic carbocycles. The molecule has 3 aromatic rings. The molecule has 4 rings (SSSR count). The molecule has 11 heteroatoms. The maximum absolute atomic E-state index is 12.1. The number of fused-ring (bicyclic) bond motifs is 1. The number of hydrogen-bond donors (Lipinski definition) is 2. The van der Waals surface area contributed by atoms with Crippen LogP contribution in [-0.4, -0.2) is 63.4 Å². The molecular weight excluding hydrogens is 406 g/mol. The fraction of sp³-hybridized carbons (Fsp3) is 0.421. The van der Waals surface area contributed by atoms with E-state index in [0.717, 1.165) is 17.7 Å². The first-order valence-electron chi connectivity index (χ1n) is 9.70. The lowest BCUT2D eigenvalue weighted by Crippen LogP contribution is -2.32. The van der Waals surface area contributed by atoms with Crippen molar-refractivity contribution in [3.8, 4) is 11.3 Å². The van der Waals surface area contributed by atoms with E-state index in [0.29, 0.717) is 24.3 Å². The molecule has 1 amide bonds. The van der Waals surface area contributed by atoms with Gasteiger partial charge in [-0.05, 0) is 18.1 Å². The van der Waals surface area contributed by atoms with E-state index in [-0.39, 0.29) is 17.5 Å². The second-order valence-electron chi connectivity index (χ2n) is 7.70. The molecule has 1 saturated heterocycles. The highest BCUT2D eigenvalue weighted by atomic mass is 32.2. The normalized spacial score (nSPS) is 20.1. The van der Waals surface area contributed by atoms with E-state index >= 15 is 0 Å². The number of anilines is 1. The lowest BCUT2D eigenvalue weighted by Gasteiger charge is -2.21. The number of amides is 1. The van der Waals surface area contributed by atoms with E-state index in [1.165, 1.54) is 16.8 Å². The Bertz CT molecular complexity index is 1210. The Labute approximate surface area is 174 Å². The van der Waals surface area contributed by atoms with Gasteiger partial charge in [0.15, 0.2) is 0 Å². The first-order valence-corrected chi connectivity index (χ1v) is 11.5. The summed E-state index contributed by atoms with van der Waals surface area (Å²) in [6.45, 7) is 2.81. The molecule has 0 aromatic carbocycles. The molecule has 3 N–H and O–H groups in total. The number of carbonyl (C=O) groups excluding carboxylic acids is 1. The largest absolute Gasteiger partial charge is 0.378 e. The van der Waals surface area contributed by atoms with Crippen molar-refractivity contribution in [2.24, 2.45) is 18.7 Å². The van der Waals surface area contributed by atoms with Crippen LogP contribution < -0.4 is 11.1 Å². The Hall–Kier alpha value is -2.92. The second-order valence-corrected chi connectivity index (χ2v) is 9.68. The Balaban J connectivity index is 1.78. The summed E-state index contributed by atoms with van der Waals surface area (Å²) in [6.07, 6.45) is 7.03. The Morgan fingerprint density at radius 1 is 1.33 bits per heavy atom. The summed E-state index contributed by atoms with van der Waals surface area (Å²) in [7, 11) is -1.45. The third kappa shape index (κ3) is 3.54. The maximum atomic E-state index is 12.1. The topological polar surface area (TPSA) is 128 Å². The smallest absolute Gasteiger partial charge is 0.252 e. The highest BCUT2D eigenvalue weighted by Gasteiger charge is 2.36. The molecule has 0 bridgehead atoms. The molecule has 0 unspecified atom stereocenters.